The number of para-hydroxylation sites is 1. The highest BCUT2D eigenvalue weighted by molar-refractivity contribution is 9.10. The van der Waals surface area contributed by atoms with Crippen molar-refractivity contribution >= 4 is 21.6 Å². The Balaban J connectivity index is 2.09. The van der Waals surface area contributed by atoms with Gasteiger partial charge < -0.3 is 10.1 Å². The van der Waals surface area contributed by atoms with E-state index in [0.29, 0.717) is 17.9 Å². The number of hydrogen-bond donors (Lipinski definition) is 1. The minimum absolute atomic E-state index is 0.270. The Hall–Kier alpha value is -1.55. The molecule has 0 bridgehead atoms. The largest absolute Gasteiger partial charge is 0.497 e. The summed E-state index contributed by atoms with van der Waals surface area (Å²) in [6, 6.07) is 12.6. The van der Waals surface area contributed by atoms with Crippen molar-refractivity contribution in [1.82, 2.24) is 0 Å². The van der Waals surface area contributed by atoms with Gasteiger partial charge in [-0.25, -0.2) is 4.39 Å². The van der Waals surface area contributed by atoms with Crippen molar-refractivity contribution in [1.29, 1.82) is 0 Å². The van der Waals surface area contributed by atoms with Gasteiger partial charge in [0.1, 0.15) is 11.6 Å². The summed E-state index contributed by atoms with van der Waals surface area (Å²) in [5, 5.41) is 3.18. The van der Waals surface area contributed by atoms with Gasteiger partial charge in [-0.2, -0.15) is 0 Å². The number of halogens is 2. The van der Waals surface area contributed by atoms with Gasteiger partial charge in [-0.15, -0.1) is 0 Å². The number of hydrogen-bond acceptors (Lipinski definition) is 2. The molecule has 0 aliphatic carbocycles. The lowest BCUT2D eigenvalue weighted by Gasteiger charge is -2.10. The fraction of sp³-hybridized carbons (Fsp3) is 0.143. The number of rotatable bonds is 4. The summed E-state index contributed by atoms with van der Waals surface area (Å²) in [4.78, 5) is 0. The molecule has 1 N–H and O–H groups in total. The third kappa shape index (κ3) is 3.01. The van der Waals surface area contributed by atoms with Crippen LogP contribution in [-0.2, 0) is 6.54 Å². The van der Waals surface area contributed by atoms with E-state index in [-0.39, 0.29) is 5.82 Å². The maximum absolute atomic E-state index is 13.7. The topological polar surface area (TPSA) is 21.3 Å². The van der Waals surface area contributed by atoms with Crippen LogP contribution in [0.15, 0.2) is 46.9 Å². The zero-order chi connectivity index (χ0) is 13.0. The molecule has 2 nitrogen and oxygen atoms in total. The predicted octanol–water partition coefficient (Wildman–Crippen LogP) is 4.21. The molecule has 0 spiro atoms. The van der Waals surface area contributed by atoms with Crippen molar-refractivity contribution < 1.29 is 9.13 Å². The zero-order valence-corrected chi connectivity index (χ0v) is 11.5. The Morgan fingerprint density at radius 1 is 1.22 bits per heavy atom. The molecule has 0 amide bonds. The van der Waals surface area contributed by atoms with E-state index in [1.165, 1.54) is 13.2 Å². The molecule has 0 atom stereocenters. The minimum atomic E-state index is -0.270. The second-order valence-electron chi connectivity index (χ2n) is 3.79. The molecular formula is C14H13BrFNO. The molecule has 0 aromatic heterocycles. The summed E-state index contributed by atoms with van der Waals surface area (Å²) in [6.07, 6.45) is 0. The molecule has 0 saturated carbocycles. The Labute approximate surface area is 114 Å². The predicted molar refractivity (Wildman–Crippen MR) is 74.4 cm³/mol. The molecular weight excluding hydrogens is 297 g/mol. The van der Waals surface area contributed by atoms with E-state index in [1.807, 2.05) is 24.3 Å². The molecule has 0 unspecified atom stereocenters. The van der Waals surface area contributed by atoms with E-state index < -0.39 is 0 Å². The van der Waals surface area contributed by atoms with Crippen LogP contribution in [0.4, 0.5) is 10.1 Å². The lowest BCUT2D eigenvalue weighted by Crippen LogP contribution is -2.02. The summed E-state index contributed by atoms with van der Waals surface area (Å²) in [7, 11) is 1.52. The first kappa shape index (κ1) is 12.9. The first-order chi connectivity index (χ1) is 8.70. The van der Waals surface area contributed by atoms with Crippen LogP contribution in [0.25, 0.3) is 0 Å². The van der Waals surface area contributed by atoms with Crippen LogP contribution in [0.3, 0.4) is 0 Å². The minimum Gasteiger partial charge on any atom is -0.497 e. The number of nitrogens with one attached hydrogen (secondary N) is 1. The number of ether oxygens (including phenoxy) is 1. The normalized spacial score (nSPS) is 10.2. The lowest BCUT2D eigenvalue weighted by molar-refractivity contribution is 0.411. The van der Waals surface area contributed by atoms with Crippen molar-refractivity contribution in [3.8, 4) is 5.75 Å². The zero-order valence-electron chi connectivity index (χ0n) is 9.91. The van der Waals surface area contributed by atoms with E-state index >= 15 is 0 Å². The lowest BCUT2D eigenvalue weighted by atomic mass is 10.2. The molecule has 2 rings (SSSR count). The Morgan fingerprint density at radius 3 is 2.67 bits per heavy atom. The highest BCUT2D eigenvalue weighted by Gasteiger charge is 2.04. The van der Waals surface area contributed by atoms with Crippen molar-refractivity contribution in [2.45, 2.75) is 6.54 Å². The highest BCUT2D eigenvalue weighted by atomic mass is 79.9. The van der Waals surface area contributed by atoms with Crippen LogP contribution in [0, 0.1) is 5.82 Å². The van der Waals surface area contributed by atoms with E-state index in [4.69, 9.17) is 4.74 Å². The number of benzene rings is 2. The second-order valence-corrected chi connectivity index (χ2v) is 4.65. The highest BCUT2D eigenvalue weighted by Crippen LogP contribution is 2.23. The second kappa shape index (κ2) is 5.87. The smallest absolute Gasteiger partial charge is 0.131 e. The maximum atomic E-state index is 13.7. The van der Waals surface area contributed by atoms with Gasteiger partial charge in [0.15, 0.2) is 0 Å². The number of methoxy groups -OCH3 is 1. The fourth-order valence-electron chi connectivity index (χ4n) is 1.59. The fourth-order valence-corrected chi connectivity index (χ4v) is 2.02. The third-order valence-corrected chi connectivity index (χ3v) is 3.29. The third-order valence-electron chi connectivity index (χ3n) is 2.60. The molecule has 0 saturated heterocycles. The molecule has 0 fully saturated rings. The first-order valence-corrected chi connectivity index (χ1v) is 6.31. The SMILES string of the molecule is COc1ccc(CNc2ccccc2Br)c(F)c1. The van der Waals surface area contributed by atoms with Crippen LogP contribution >= 0.6 is 15.9 Å². The Kier molecular flexibility index (Phi) is 4.20. The molecule has 2 aromatic carbocycles. The van der Waals surface area contributed by atoms with Crippen molar-refractivity contribution in [3.05, 3.63) is 58.3 Å². The molecule has 0 heterocycles. The molecule has 2 aromatic rings. The van der Waals surface area contributed by atoms with E-state index in [9.17, 15) is 4.39 Å². The summed E-state index contributed by atoms with van der Waals surface area (Å²) in [5.74, 6) is 0.256. The standard InChI is InChI=1S/C14H13BrFNO/c1-18-11-7-6-10(13(16)8-11)9-17-14-5-3-2-4-12(14)15/h2-8,17H,9H2,1H3. The molecule has 18 heavy (non-hydrogen) atoms. The average molecular weight is 310 g/mol. The summed E-state index contributed by atoms with van der Waals surface area (Å²) in [5.41, 5.74) is 1.54. The molecule has 94 valence electrons. The molecule has 0 aliphatic rings. The van der Waals surface area contributed by atoms with Crippen LogP contribution < -0.4 is 10.1 Å². The Morgan fingerprint density at radius 2 is 2.00 bits per heavy atom. The van der Waals surface area contributed by atoms with Crippen molar-refractivity contribution in [2.24, 2.45) is 0 Å². The van der Waals surface area contributed by atoms with Gasteiger partial charge in [0.05, 0.1) is 7.11 Å². The van der Waals surface area contributed by atoms with Gasteiger partial charge in [-0.3, -0.25) is 0 Å². The molecule has 0 aliphatic heterocycles. The van der Waals surface area contributed by atoms with Gasteiger partial charge in [-0.05, 0) is 34.1 Å². The van der Waals surface area contributed by atoms with Crippen LogP contribution in [0.1, 0.15) is 5.56 Å². The molecule has 4 heteroatoms. The number of anilines is 1. The van der Waals surface area contributed by atoms with Gasteiger partial charge >= 0.3 is 0 Å². The van der Waals surface area contributed by atoms with Crippen molar-refractivity contribution in [2.75, 3.05) is 12.4 Å². The van der Waals surface area contributed by atoms with Gasteiger partial charge in [0, 0.05) is 28.3 Å². The molecule has 0 radical (unpaired) electrons. The van der Waals surface area contributed by atoms with Gasteiger partial charge in [-0.1, -0.05) is 18.2 Å². The van der Waals surface area contributed by atoms with Crippen LogP contribution in [0.2, 0.25) is 0 Å². The average Bonchev–Trinajstić information content (AvgIpc) is 2.39. The first-order valence-electron chi connectivity index (χ1n) is 5.51. The van der Waals surface area contributed by atoms with Gasteiger partial charge in [0.2, 0.25) is 0 Å². The quantitative estimate of drug-likeness (QED) is 0.913. The van der Waals surface area contributed by atoms with E-state index in [1.54, 1.807) is 12.1 Å². The Bertz CT molecular complexity index is 545. The maximum Gasteiger partial charge on any atom is 0.131 e. The van der Waals surface area contributed by atoms with E-state index in [0.717, 1.165) is 10.2 Å². The van der Waals surface area contributed by atoms with Crippen molar-refractivity contribution in [3.63, 3.8) is 0 Å². The summed E-state index contributed by atoms with van der Waals surface area (Å²) < 4.78 is 19.6. The van der Waals surface area contributed by atoms with Crippen LogP contribution in [0.5, 0.6) is 5.75 Å². The monoisotopic (exact) mass is 309 g/mol. The van der Waals surface area contributed by atoms with E-state index in [2.05, 4.69) is 21.2 Å². The van der Waals surface area contributed by atoms with Crippen LogP contribution in [-0.4, -0.2) is 7.11 Å². The summed E-state index contributed by atoms with van der Waals surface area (Å²) >= 11 is 3.43. The summed E-state index contributed by atoms with van der Waals surface area (Å²) in [6.45, 7) is 0.429. The van der Waals surface area contributed by atoms with Gasteiger partial charge in [0.25, 0.3) is 0 Å².